The van der Waals surface area contributed by atoms with E-state index in [1.165, 1.54) is 12.1 Å². The summed E-state index contributed by atoms with van der Waals surface area (Å²) in [6.45, 7) is -0.00411. The fourth-order valence-electron chi connectivity index (χ4n) is 2.66. The van der Waals surface area contributed by atoms with Crippen LogP contribution in [0.1, 0.15) is 16.1 Å². The second kappa shape index (κ2) is 6.61. The molecule has 0 radical (unpaired) electrons. The molecule has 0 bridgehead atoms. The van der Waals surface area contributed by atoms with Gasteiger partial charge in [-0.2, -0.15) is 5.10 Å². The number of amides is 1. The highest BCUT2D eigenvalue weighted by Crippen LogP contribution is 2.20. The summed E-state index contributed by atoms with van der Waals surface area (Å²) >= 11 is 5.97. The Balaban J connectivity index is 1.53. The van der Waals surface area contributed by atoms with E-state index in [4.69, 9.17) is 11.6 Å². The Labute approximate surface area is 152 Å². The number of nitrogens with one attached hydrogen (secondary N) is 2. The van der Waals surface area contributed by atoms with E-state index in [1.807, 2.05) is 6.07 Å². The molecule has 2 N–H and O–H groups in total. The zero-order valence-electron chi connectivity index (χ0n) is 13.4. The van der Waals surface area contributed by atoms with Gasteiger partial charge in [-0.05, 0) is 36.4 Å². The number of nitrogens with zero attached hydrogens (tertiary/aromatic N) is 3. The highest BCUT2D eigenvalue weighted by molar-refractivity contribution is 6.31. The first-order valence-electron chi connectivity index (χ1n) is 7.83. The van der Waals surface area contributed by atoms with Gasteiger partial charge in [0.2, 0.25) is 0 Å². The standard InChI is InChI=1S/C18H13ClFN5O/c19-12-3-1-4-13(20)11(12)9-22-18(26)15-7-6-14(24-15)16-10-21-17-5-2-8-23-25(16)17/h1-8,10,24H,9H2,(H,22,26). The molecule has 4 aromatic rings. The molecule has 130 valence electrons. The average Bonchev–Trinajstić information content (AvgIpc) is 3.28. The number of aromatic nitrogens is 4. The zero-order valence-corrected chi connectivity index (χ0v) is 14.2. The van der Waals surface area contributed by atoms with E-state index >= 15 is 0 Å². The van der Waals surface area contributed by atoms with Gasteiger partial charge in [0.15, 0.2) is 5.65 Å². The van der Waals surface area contributed by atoms with Gasteiger partial charge in [-0.1, -0.05) is 17.7 Å². The van der Waals surface area contributed by atoms with E-state index in [1.54, 1.807) is 41.2 Å². The Morgan fingerprint density at radius 1 is 1.23 bits per heavy atom. The van der Waals surface area contributed by atoms with Gasteiger partial charge in [-0.25, -0.2) is 13.9 Å². The molecule has 0 aliphatic rings. The molecule has 0 atom stereocenters. The molecule has 1 aromatic carbocycles. The maximum atomic E-state index is 13.8. The van der Waals surface area contributed by atoms with E-state index in [-0.39, 0.29) is 23.0 Å². The second-order valence-corrected chi connectivity index (χ2v) is 6.01. The number of H-pyrrole nitrogens is 1. The number of benzene rings is 1. The Hall–Kier alpha value is -3.19. The van der Waals surface area contributed by atoms with Crippen molar-refractivity contribution in [2.24, 2.45) is 0 Å². The Bertz CT molecular complexity index is 1080. The molecule has 26 heavy (non-hydrogen) atoms. The van der Waals surface area contributed by atoms with Crippen LogP contribution in [0, 0.1) is 5.82 Å². The van der Waals surface area contributed by atoms with Crippen molar-refractivity contribution in [1.82, 2.24) is 24.9 Å². The highest BCUT2D eigenvalue weighted by Gasteiger charge is 2.14. The van der Waals surface area contributed by atoms with Gasteiger partial charge in [0.05, 0.1) is 11.9 Å². The van der Waals surface area contributed by atoms with Gasteiger partial charge in [0, 0.05) is 23.3 Å². The Morgan fingerprint density at radius 3 is 2.96 bits per heavy atom. The summed E-state index contributed by atoms with van der Waals surface area (Å²) in [7, 11) is 0. The van der Waals surface area contributed by atoms with Crippen LogP contribution >= 0.6 is 11.6 Å². The van der Waals surface area contributed by atoms with E-state index in [9.17, 15) is 9.18 Å². The molecule has 3 heterocycles. The van der Waals surface area contributed by atoms with Gasteiger partial charge < -0.3 is 10.3 Å². The van der Waals surface area contributed by atoms with Crippen molar-refractivity contribution in [2.75, 3.05) is 0 Å². The smallest absolute Gasteiger partial charge is 0.267 e. The van der Waals surface area contributed by atoms with Gasteiger partial charge in [-0.3, -0.25) is 4.79 Å². The maximum absolute atomic E-state index is 13.8. The minimum Gasteiger partial charge on any atom is -0.349 e. The molecule has 0 aliphatic heterocycles. The van der Waals surface area contributed by atoms with Crippen LogP contribution in [0.15, 0.2) is 54.9 Å². The normalized spacial score (nSPS) is 11.0. The molecule has 3 aromatic heterocycles. The van der Waals surface area contributed by atoms with Crippen molar-refractivity contribution < 1.29 is 9.18 Å². The molecule has 0 spiro atoms. The fourth-order valence-corrected chi connectivity index (χ4v) is 2.88. The van der Waals surface area contributed by atoms with Gasteiger partial charge in [0.25, 0.3) is 5.91 Å². The number of halogens is 2. The summed E-state index contributed by atoms with van der Waals surface area (Å²) in [4.78, 5) is 19.6. The molecule has 4 rings (SSSR count). The third-order valence-electron chi connectivity index (χ3n) is 3.97. The lowest BCUT2D eigenvalue weighted by Crippen LogP contribution is -2.23. The van der Waals surface area contributed by atoms with Crippen LogP contribution in [-0.2, 0) is 6.54 Å². The molecule has 0 saturated carbocycles. The Morgan fingerprint density at radius 2 is 2.12 bits per heavy atom. The van der Waals surface area contributed by atoms with Crippen molar-refractivity contribution in [3.05, 3.63) is 77.0 Å². The van der Waals surface area contributed by atoms with Crippen LogP contribution in [0.5, 0.6) is 0 Å². The molecule has 1 amide bonds. The second-order valence-electron chi connectivity index (χ2n) is 5.61. The Kier molecular flexibility index (Phi) is 4.14. The van der Waals surface area contributed by atoms with Crippen LogP contribution in [-0.4, -0.2) is 25.5 Å². The average molecular weight is 370 g/mol. The fraction of sp³-hybridized carbons (Fsp3) is 0.0556. The van der Waals surface area contributed by atoms with Gasteiger partial charge >= 0.3 is 0 Å². The highest BCUT2D eigenvalue weighted by atomic mass is 35.5. The molecule has 0 aliphatic carbocycles. The van der Waals surface area contributed by atoms with Crippen molar-refractivity contribution in [3.63, 3.8) is 0 Å². The molecule has 0 fully saturated rings. The number of imidazole rings is 1. The number of hydrogen-bond acceptors (Lipinski definition) is 3. The molecule has 6 nitrogen and oxygen atoms in total. The van der Waals surface area contributed by atoms with Crippen LogP contribution in [0.4, 0.5) is 4.39 Å². The van der Waals surface area contributed by atoms with Gasteiger partial charge in [0.1, 0.15) is 17.2 Å². The summed E-state index contributed by atoms with van der Waals surface area (Å²) in [5.41, 5.74) is 2.73. The summed E-state index contributed by atoms with van der Waals surface area (Å²) in [6.07, 6.45) is 3.34. The first-order valence-corrected chi connectivity index (χ1v) is 8.20. The summed E-state index contributed by atoms with van der Waals surface area (Å²) < 4.78 is 15.5. The first kappa shape index (κ1) is 16.3. The molecule has 8 heteroatoms. The summed E-state index contributed by atoms with van der Waals surface area (Å²) in [5.74, 6) is -0.820. The lowest BCUT2D eigenvalue weighted by Gasteiger charge is -2.07. The predicted octanol–water partition coefficient (Wildman–Crippen LogP) is 3.45. The predicted molar refractivity (Wildman–Crippen MR) is 95.4 cm³/mol. The number of aromatic amines is 1. The van der Waals surface area contributed by atoms with E-state index in [2.05, 4.69) is 20.4 Å². The zero-order chi connectivity index (χ0) is 18.1. The lowest BCUT2D eigenvalue weighted by molar-refractivity contribution is 0.0946. The molecule has 0 saturated heterocycles. The van der Waals surface area contributed by atoms with Crippen molar-refractivity contribution >= 4 is 23.2 Å². The van der Waals surface area contributed by atoms with Crippen LogP contribution in [0.2, 0.25) is 5.02 Å². The van der Waals surface area contributed by atoms with Crippen LogP contribution in [0.25, 0.3) is 17.0 Å². The number of hydrogen-bond donors (Lipinski definition) is 2. The van der Waals surface area contributed by atoms with Gasteiger partial charge in [-0.15, -0.1) is 0 Å². The number of carbonyl (C=O) groups is 1. The van der Waals surface area contributed by atoms with Crippen LogP contribution < -0.4 is 5.32 Å². The third kappa shape index (κ3) is 2.93. The number of carbonyl (C=O) groups excluding carboxylic acids is 1. The van der Waals surface area contributed by atoms with Crippen LogP contribution in [0.3, 0.4) is 0 Å². The topological polar surface area (TPSA) is 75.1 Å². The number of rotatable bonds is 4. The quantitative estimate of drug-likeness (QED) is 0.578. The third-order valence-corrected chi connectivity index (χ3v) is 4.33. The lowest BCUT2D eigenvalue weighted by atomic mass is 10.2. The van der Waals surface area contributed by atoms with E-state index in [0.717, 1.165) is 5.69 Å². The van der Waals surface area contributed by atoms with Crippen molar-refractivity contribution in [2.45, 2.75) is 6.54 Å². The molecule has 0 unspecified atom stereocenters. The van der Waals surface area contributed by atoms with Crippen molar-refractivity contribution in [1.29, 1.82) is 0 Å². The summed E-state index contributed by atoms with van der Waals surface area (Å²) in [6, 6.07) is 11.5. The van der Waals surface area contributed by atoms with E-state index in [0.29, 0.717) is 17.0 Å². The first-order chi connectivity index (χ1) is 12.6. The molecular weight excluding hydrogens is 357 g/mol. The largest absolute Gasteiger partial charge is 0.349 e. The minimum absolute atomic E-state index is 0.00411. The monoisotopic (exact) mass is 369 g/mol. The minimum atomic E-state index is -0.457. The SMILES string of the molecule is O=C(NCc1c(F)cccc1Cl)c1ccc(-c2cnc3cccnn23)[nH]1. The summed E-state index contributed by atoms with van der Waals surface area (Å²) in [5, 5.41) is 7.18. The number of fused-ring (bicyclic) bond motifs is 1. The molecular formula is C18H13ClFN5O. The van der Waals surface area contributed by atoms with Crippen molar-refractivity contribution in [3.8, 4) is 11.4 Å². The maximum Gasteiger partial charge on any atom is 0.267 e. The van der Waals surface area contributed by atoms with E-state index < -0.39 is 5.82 Å².